The van der Waals surface area contributed by atoms with Crippen molar-refractivity contribution in [2.45, 2.75) is 12.5 Å². The molecule has 2 heterocycles. The number of aromatic nitrogens is 1. The number of hydrogen-bond acceptors (Lipinski definition) is 5. The first-order valence-electron chi connectivity index (χ1n) is 6.99. The van der Waals surface area contributed by atoms with Crippen LogP contribution in [0.1, 0.15) is 6.42 Å². The summed E-state index contributed by atoms with van der Waals surface area (Å²) in [5, 5.41) is 13.5. The summed E-state index contributed by atoms with van der Waals surface area (Å²) in [5.74, 6) is -0.338. The Kier molecular flexibility index (Phi) is 3.88. The number of nitrogens with zero attached hydrogens (tertiary/aromatic N) is 3. The molecule has 1 atom stereocenters. The molecule has 0 spiro atoms. The molecule has 1 aromatic carbocycles. The van der Waals surface area contributed by atoms with Crippen LogP contribution in [-0.4, -0.2) is 28.4 Å². The van der Waals surface area contributed by atoms with Crippen molar-refractivity contribution in [2.24, 2.45) is 0 Å². The zero-order chi connectivity index (χ0) is 16.4. The lowest BCUT2D eigenvalue weighted by Crippen LogP contribution is -2.34. The van der Waals surface area contributed by atoms with Crippen LogP contribution < -0.4 is 10.2 Å². The fraction of sp³-hybridized carbons (Fsp3) is 0.200. The maximum Gasteiger partial charge on any atom is 0.287 e. The molecule has 118 valence electrons. The molecular weight excluding hydrogens is 303 g/mol. The van der Waals surface area contributed by atoms with Gasteiger partial charge in [-0.25, -0.2) is 9.37 Å². The number of carbonyl (C=O) groups is 1. The van der Waals surface area contributed by atoms with Gasteiger partial charge in [0.05, 0.1) is 10.6 Å². The zero-order valence-corrected chi connectivity index (χ0v) is 12.0. The minimum Gasteiger partial charge on any atom is -0.358 e. The van der Waals surface area contributed by atoms with Crippen LogP contribution in [-0.2, 0) is 4.79 Å². The summed E-state index contributed by atoms with van der Waals surface area (Å²) >= 11 is 0. The van der Waals surface area contributed by atoms with Crippen LogP contribution in [0.15, 0.2) is 42.6 Å². The van der Waals surface area contributed by atoms with E-state index in [1.165, 1.54) is 23.1 Å². The lowest BCUT2D eigenvalue weighted by atomic mass is 10.2. The summed E-state index contributed by atoms with van der Waals surface area (Å²) in [7, 11) is 0. The Morgan fingerprint density at radius 2 is 2.09 bits per heavy atom. The Balaban J connectivity index is 1.72. The first-order chi connectivity index (χ1) is 11.1. The van der Waals surface area contributed by atoms with E-state index in [0.29, 0.717) is 18.8 Å². The van der Waals surface area contributed by atoms with Crippen LogP contribution in [0.3, 0.4) is 0 Å². The minimum absolute atomic E-state index is 0.124. The third-order valence-corrected chi connectivity index (χ3v) is 3.63. The quantitative estimate of drug-likeness (QED) is 0.691. The van der Waals surface area contributed by atoms with Crippen molar-refractivity contribution < 1.29 is 14.1 Å². The van der Waals surface area contributed by atoms with Crippen molar-refractivity contribution in [3.8, 4) is 0 Å². The van der Waals surface area contributed by atoms with Gasteiger partial charge in [0.25, 0.3) is 5.69 Å². The molecule has 1 saturated heterocycles. The first kappa shape index (κ1) is 14.9. The number of nitrogens with one attached hydrogen (secondary N) is 1. The van der Waals surface area contributed by atoms with Crippen LogP contribution in [0.25, 0.3) is 0 Å². The second-order valence-corrected chi connectivity index (χ2v) is 5.09. The van der Waals surface area contributed by atoms with E-state index in [0.717, 1.165) is 6.20 Å². The van der Waals surface area contributed by atoms with E-state index >= 15 is 0 Å². The predicted molar refractivity (Wildman–Crippen MR) is 81.7 cm³/mol. The summed E-state index contributed by atoms with van der Waals surface area (Å²) in [6.07, 6.45) is 1.61. The van der Waals surface area contributed by atoms with Crippen molar-refractivity contribution in [2.75, 3.05) is 16.8 Å². The highest BCUT2D eigenvalue weighted by Crippen LogP contribution is 2.25. The number of rotatable bonds is 4. The zero-order valence-electron chi connectivity index (χ0n) is 12.0. The SMILES string of the molecule is O=C1C(Nc2ccc([N+](=O)[O-])cn2)CCN1c1ccccc1F. The first-order valence-corrected chi connectivity index (χ1v) is 6.99. The molecule has 1 amide bonds. The van der Waals surface area contributed by atoms with E-state index in [2.05, 4.69) is 10.3 Å². The highest BCUT2D eigenvalue weighted by atomic mass is 19.1. The van der Waals surface area contributed by atoms with Gasteiger partial charge in [-0.1, -0.05) is 12.1 Å². The molecule has 2 aromatic rings. The summed E-state index contributed by atoms with van der Waals surface area (Å²) < 4.78 is 13.8. The molecule has 1 aliphatic rings. The number of carbonyl (C=O) groups excluding carboxylic acids is 1. The largest absolute Gasteiger partial charge is 0.358 e. The molecule has 0 bridgehead atoms. The fourth-order valence-electron chi connectivity index (χ4n) is 2.48. The molecule has 1 aliphatic heterocycles. The Labute approximate surface area is 130 Å². The summed E-state index contributed by atoms with van der Waals surface area (Å²) in [5.41, 5.74) is 0.125. The van der Waals surface area contributed by atoms with E-state index in [1.807, 2.05) is 0 Å². The van der Waals surface area contributed by atoms with E-state index in [9.17, 15) is 19.3 Å². The number of benzene rings is 1. The smallest absolute Gasteiger partial charge is 0.287 e. The highest BCUT2D eigenvalue weighted by molar-refractivity contribution is 6.01. The van der Waals surface area contributed by atoms with Crippen LogP contribution in [0.4, 0.5) is 21.6 Å². The Morgan fingerprint density at radius 3 is 2.74 bits per heavy atom. The molecule has 0 saturated carbocycles. The molecule has 23 heavy (non-hydrogen) atoms. The van der Waals surface area contributed by atoms with Crippen LogP contribution >= 0.6 is 0 Å². The Morgan fingerprint density at radius 1 is 1.30 bits per heavy atom. The second kappa shape index (κ2) is 5.99. The number of hydrogen-bond donors (Lipinski definition) is 1. The number of pyridine rings is 1. The molecule has 0 radical (unpaired) electrons. The molecule has 1 N–H and O–H groups in total. The molecule has 1 aromatic heterocycles. The van der Waals surface area contributed by atoms with Gasteiger partial charge in [-0.15, -0.1) is 0 Å². The average Bonchev–Trinajstić information content (AvgIpc) is 2.89. The van der Waals surface area contributed by atoms with Crippen molar-refractivity contribution in [1.82, 2.24) is 4.98 Å². The maximum atomic E-state index is 13.8. The maximum absolute atomic E-state index is 13.8. The van der Waals surface area contributed by atoms with Gasteiger partial charge in [0.2, 0.25) is 5.91 Å². The second-order valence-electron chi connectivity index (χ2n) is 5.09. The normalized spacial score (nSPS) is 17.3. The minimum atomic E-state index is -0.544. The van der Waals surface area contributed by atoms with Gasteiger partial charge < -0.3 is 10.2 Å². The molecule has 1 unspecified atom stereocenters. The third kappa shape index (κ3) is 2.96. The summed E-state index contributed by atoms with van der Waals surface area (Å²) in [6, 6.07) is 8.31. The topological polar surface area (TPSA) is 88.4 Å². The summed E-state index contributed by atoms with van der Waals surface area (Å²) in [6.45, 7) is 0.393. The van der Waals surface area contributed by atoms with E-state index in [4.69, 9.17) is 0 Å². The number of anilines is 2. The van der Waals surface area contributed by atoms with Gasteiger partial charge in [0, 0.05) is 12.6 Å². The average molecular weight is 316 g/mol. The monoisotopic (exact) mass is 316 g/mol. The highest BCUT2D eigenvalue weighted by Gasteiger charge is 2.33. The molecule has 0 aliphatic carbocycles. The molecular formula is C15H13FN4O3. The van der Waals surface area contributed by atoms with Gasteiger partial charge >= 0.3 is 0 Å². The molecule has 7 nitrogen and oxygen atoms in total. The van der Waals surface area contributed by atoms with Crippen LogP contribution in [0.2, 0.25) is 0 Å². The van der Waals surface area contributed by atoms with Crippen LogP contribution in [0.5, 0.6) is 0 Å². The lowest BCUT2D eigenvalue weighted by molar-refractivity contribution is -0.385. The number of halogens is 1. The van der Waals surface area contributed by atoms with Gasteiger partial charge in [0.1, 0.15) is 23.9 Å². The van der Waals surface area contributed by atoms with E-state index < -0.39 is 16.8 Å². The third-order valence-electron chi connectivity index (χ3n) is 3.63. The number of para-hydroxylation sites is 1. The van der Waals surface area contributed by atoms with Gasteiger partial charge in [-0.3, -0.25) is 14.9 Å². The van der Waals surface area contributed by atoms with Crippen molar-refractivity contribution in [1.29, 1.82) is 0 Å². The van der Waals surface area contributed by atoms with E-state index in [-0.39, 0.29) is 17.3 Å². The van der Waals surface area contributed by atoms with Gasteiger partial charge in [0.15, 0.2) is 0 Å². The van der Waals surface area contributed by atoms with Crippen molar-refractivity contribution >= 4 is 23.1 Å². The Bertz CT molecular complexity index is 751. The number of nitro groups is 1. The Hall–Kier alpha value is -3.03. The van der Waals surface area contributed by atoms with Gasteiger partial charge in [-0.05, 0) is 24.6 Å². The molecule has 1 fully saturated rings. The van der Waals surface area contributed by atoms with E-state index in [1.54, 1.807) is 18.2 Å². The molecule has 3 rings (SSSR count). The fourth-order valence-corrected chi connectivity index (χ4v) is 2.48. The summed E-state index contributed by atoms with van der Waals surface area (Å²) in [4.78, 5) is 27.7. The van der Waals surface area contributed by atoms with Crippen molar-refractivity contribution in [3.05, 3.63) is 58.5 Å². The van der Waals surface area contributed by atoms with Crippen LogP contribution in [0, 0.1) is 15.9 Å². The predicted octanol–water partition coefficient (Wildman–Crippen LogP) is 2.35. The van der Waals surface area contributed by atoms with Crippen molar-refractivity contribution in [3.63, 3.8) is 0 Å². The standard InChI is InChI=1S/C15H13FN4O3/c16-11-3-1-2-4-13(11)19-8-7-12(15(19)21)18-14-6-5-10(9-17-14)20(22)23/h1-6,9,12H,7-8H2,(H,17,18). The number of amides is 1. The molecule has 8 heteroatoms. The lowest BCUT2D eigenvalue weighted by Gasteiger charge is -2.18. The van der Waals surface area contributed by atoms with Gasteiger partial charge in [-0.2, -0.15) is 0 Å².